The molecule has 0 unspecified atom stereocenters. The smallest absolute Gasteiger partial charge is 0.0170 e. The van der Waals surface area contributed by atoms with Crippen LogP contribution < -0.4 is 0 Å². The zero-order chi connectivity index (χ0) is 18.9. The zero-order valence-electron chi connectivity index (χ0n) is 18.7. The van der Waals surface area contributed by atoms with E-state index in [1.165, 1.54) is 83.6 Å². The maximum absolute atomic E-state index is 2.65. The van der Waals surface area contributed by atoms with Crippen LogP contribution in [0.5, 0.6) is 0 Å². The Labute approximate surface area is 159 Å². The van der Waals surface area contributed by atoms with Crippen LogP contribution in [0.1, 0.15) is 112 Å². The van der Waals surface area contributed by atoms with Crippen molar-refractivity contribution >= 4 is 0 Å². The summed E-state index contributed by atoms with van der Waals surface area (Å²) in [5.41, 5.74) is 0.608. The normalized spacial score (nSPS) is 21.1. The summed E-state index contributed by atoms with van der Waals surface area (Å²) in [6.45, 7) is 13.2. The first-order valence-corrected chi connectivity index (χ1v) is 11.1. The molecule has 0 saturated carbocycles. The second kappa shape index (κ2) is 10.9. The van der Waals surface area contributed by atoms with Gasteiger partial charge >= 0.3 is 0 Å². The van der Waals surface area contributed by atoms with E-state index >= 15 is 0 Å². The summed E-state index contributed by atoms with van der Waals surface area (Å²) < 4.78 is 0. The largest absolute Gasteiger partial charge is 0.303 e. The Morgan fingerprint density at radius 1 is 0.760 bits per heavy atom. The molecule has 0 spiro atoms. The number of piperidine rings is 1. The van der Waals surface area contributed by atoms with Crippen molar-refractivity contribution in [2.24, 2.45) is 0 Å². The van der Waals surface area contributed by atoms with Crippen LogP contribution in [0.4, 0.5) is 0 Å². The van der Waals surface area contributed by atoms with Gasteiger partial charge in [0.2, 0.25) is 0 Å². The molecule has 1 heterocycles. The Morgan fingerprint density at radius 3 is 1.60 bits per heavy atom. The van der Waals surface area contributed by atoms with Gasteiger partial charge in [-0.25, -0.2) is 0 Å². The van der Waals surface area contributed by atoms with Crippen molar-refractivity contribution in [2.75, 3.05) is 20.6 Å². The lowest BCUT2D eigenvalue weighted by Gasteiger charge is -2.55. The topological polar surface area (TPSA) is 6.48 Å². The minimum Gasteiger partial charge on any atom is -0.303 e. The van der Waals surface area contributed by atoms with Gasteiger partial charge in [-0.05, 0) is 67.6 Å². The number of hydrogen-bond donors (Lipinski definition) is 0. The predicted octanol–water partition coefficient (Wildman–Crippen LogP) is 6.49. The van der Waals surface area contributed by atoms with Crippen LogP contribution in [-0.4, -0.2) is 47.6 Å². The van der Waals surface area contributed by atoms with E-state index < -0.39 is 0 Å². The lowest BCUT2D eigenvalue weighted by Crippen LogP contribution is -2.62. The predicted molar refractivity (Wildman–Crippen MR) is 113 cm³/mol. The molecule has 0 amide bonds. The molecule has 1 fully saturated rings. The molecule has 1 saturated heterocycles. The highest BCUT2D eigenvalue weighted by Crippen LogP contribution is 2.38. The standard InChI is InChI=1S/C23H48N2/c1-8-9-10-11-12-13-14-15-16-17-18-24(6)21-19-22(2,3)25(7)23(4,5)20-21/h21H,8-20H2,1-7H3. The summed E-state index contributed by atoms with van der Waals surface area (Å²) in [5, 5.41) is 0. The molecule has 0 aliphatic carbocycles. The first-order valence-electron chi connectivity index (χ1n) is 11.1. The number of unbranched alkanes of at least 4 members (excludes halogenated alkanes) is 9. The molecule has 1 rings (SSSR count). The summed E-state index contributed by atoms with van der Waals surface area (Å²) in [7, 11) is 4.66. The van der Waals surface area contributed by atoms with Crippen LogP contribution in [0.25, 0.3) is 0 Å². The number of likely N-dealkylation sites (tertiary alicyclic amines) is 1. The van der Waals surface area contributed by atoms with Crippen molar-refractivity contribution < 1.29 is 0 Å². The third-order valence-corrected chi connectivity index (χ3v) is 6.77. The summed E-state index contributed by atoms with van der Waals surface area (Å²) in [5.74, 6) is 0. The van der Waals surface area contributed by atoms with Crippen molar-refractivity contribution in [3.63, 3.8) is 0 Å². The van der Waals surface area contributed by atoms with Gasteiger partial charge in [-0.2, -0.15) is 0 Å². The summed E-state index contributed by atoms with van der Waals surface area (Å²) in [6, 6.07) is 0.736. The highest BCUT2D eigenvalue weighted by atomic mass is 15.3. The quantitative estimate of drug-likeness (QED) is 0.370. The molecule has 0 aromatic carbocycles. The average Bonchev–Trinajstić information content (AvgIpc) is 2.53. The highest BCUT2D eigenvalue weighted by Gasteiger charge is 2.43. The van der Waals surface area contributed by atoms with E-state index in [9.17, 15) is 0 Å². The Morgan fingerprint density at radius 2 is 1.16 bits per heavy atom. The van der Waals surface area contributed by atoms with Gasteiger partial charge in [0.05, 0.1) is 0 Å². The van der Waals surface area contributed by atoms with E-state index in [1.807, 2.05) is 0 Å². The average molecular weight is 353 g/mol. The molecule has 0 bridgehead atoms. The lowest BCUT2D eigenvalue weighted by atomic mass is 9.77. The van der Waals surface area contributed by atoms with Gasteiger partial charge < -0.3 is 4.90 Å². The molecular formula is C23H48N2. The van der Waals surface area contributed by atoms with Gasteiger partial charge in [0.25, 0.3) is 0 Å². The van der Waals surface area contributed by atoms with Gasteiger partial charge in [0.1, 0.15) is 0 Å². The van der Waals surface area contributed by atoms with Crippen LogP contribution in [0.15, 0.2) is 0 Å². The Bertz CT molecular complexity index is 330. The molecule has 150 valence electrons. The van der Waals surface area contributed by atoms with Crippen molar-refractivity contribution in [1.29, 1.82) is 0 Å². The van der Waals surface area contributed by atoms with Crippen LogP contribution in [0, 0.1) is 0 Å². The third kappa shape index (κ3) is 7.99. The van der Waals surface area contributed by atoms with Gasteiger partial charge in [-0.15, -0.1) is 0 Å². The van der Waals surface area contributed by atoms with Gasteiger partial charge in [-0.1, -0.05) is 64.7 Å². The zero-order valence-corrected chi connectivity index (χ0v) is 18.7. The van der Waals surface area contributed by atoms with Crippen molar-refractivity contribution in [3.05, 3.63) is 0 Å². The Balaban J connectivity index is 2.15. The maximum Gasteiger partial charge on any atom is 0.0170 e. The van der Waals surface area contributed by atoms with Crippen molar-refractivity contribution in [3.8, 4) is 0 Å². The molecule has 0 N–H and O–H groups in total. The number of nitrogens with zero attached hydrogens (tertiary/aromatic N) is 2. The Kier molecular flexibility index (Phi) is 10.0. The third-order valence-electron chi connectivity index (χ3n) is 6.77. The highest BCUT2D eigenvalue weighted by molar-refractivity contribution is 5.00. The molecule has 0 aromatic rings. The van der Waals surface area contributed by atoms with E-state index in [0.29, 0.717) is 11.1 Å². The number of rotatable bonds is 12. The fraction of sp³-hybridized carbons (Fsp3) is 1.00. The minimum absolute atomic E-state index is 0.304. The van der Waals surface area contributed by atoms with Gasteiger partial charge in [0.15, 0.2) is 0 Å². The summed E-state index contributed by atoms with van der Waals surface area (Å²) in [6.07, 6.45) is 16.9. The lowest BCUT2D eigenvalue weighted by molar-refractivity contribution is -0.0426. The SMILES string of the molecule is CCCCCCCCCCCCN(C)C1CC(C)(C)N(C)C(C)(C)C1. The molecule has 2 heteroatoms. The Hall–Kier alpha value is -0.0800. The second-order valence-electron chi connectivity index (χ2n) is 9.91. The fourth-order valence-electron chi connectivity index (χ4n) is 4.66. The molecular weight excluding hydrogens is 304 g/mol. The van der Waals surface area contributed by atoms with Crippen LogP contribution in [-0.2, 0) is 0 Å². The molecule has 1 aliphatic heterocycles. The van der Waals surface area contributed by atoms with E-state index in [-0.39, 0.29) is 0 Å². The van der Waals surface area contributed by atoms with Crippen LogP contribution >= 0.6 is 0 Å². The second-order valence-corrected chi connectivity index (χ2v) is 9.91. The number of hydrogen-bond acceptors (Lipinski definition) is 2. The van der Waals surface area contributed by atoms with E-state index in [0.717, 1.165) is 6.04 Å². The molecule has 0 radical (unpaired) electrons. The van der Waals surface area contributed by atoms with E-state index in [1.54, 1.807) is 0 Å². The van der Waals surface area contributed by atoms with Crippen LogP contribution in [0.2, 0.25) is 0 Å². The molecule has 0 atom stereocenters. The van der Waals surface area contributed by atoms with Gasteiger partial charge in [-0.3, -0.25) is 4.90 Å². The first kappa shape index (κ1) is 23.0. The maximum atomic E-state index is 2.65. The minimum atomic E-state index is 0.304. The summed E-state index contributed by atoms with van der Waals surface area (Å²) >= 11 is 0. The molecule has 1 aliphatic rings. The summed E-state index contributed by atoms with van der Waals surface area (Å²) in [4.78, 5) is 5.24. The van der Waals surface area contributed by atoms with Crippen LogP contribution in [0.3, 0.4) is 0 Å². The monoisotopic (exact) mass is 352 g/mol. The van der Waals surface area contributed by atoms with E-state index in [2.05, 4.69) is 58.5 Å². The van der Waals surface area contributed by atoms with Gasteiger partial charge in [0, 0.05) is 17.1 Å². The van der Waals surface area contributed by atoms with Crippen molar-refractivity contribution in [2.45, 2.75) is 129 Å². The fourth-order valence-corrected chi connectivity index (χ4v) is 4.66. The molecule has 2 nitrogen and oxygen atoms in total. The molecule has 25 heavy (non-hydrogen) atoms. The van der Waals surface area contributed by atoms with Crippen molar-refractivity contribution in [1.82, 2.24) is 9.80 Å². The molecule has 0 aromatic heterocycles. The first-order chi connectivity index (χ1) is 11.7. The van der Waals surface area contributed by atoms with E-state index in [4.69, 9.17) is 0 Å².